The van der Waals surface area contributed by atoms with Gasteiger partial charge in [-0.25, -0.2) is 9.37 Å². The van der Waals surface area contributed by atoms with Gasteiger partial charge in [-0.3, -0.25) is 4.99 Å². The Bertz CT molecular complexity index is 755. The molecule has 0 fully saturated rings. The van der Waals surface area contributed by atoms with Crippen LogP contribution in [0.4, 0.5) is 10.2 Å². The van der Waals surface area contributed by atoms with Crippen LogP contribution in [0.3, 0.4) is 0 Å². The molecule has 1 aromatic carbocycles. The van der Waals surface area contributed by atoms with Crippen LogP contribution in [0.1, 0.15) is 16.7 Å². The summed E-state index contributed by atoms with van der Waals surface area (Å²) >= 11 is 1.68. The van der Waals surface area contributed by atoms with Gasteiger partial charge in [-0.2, -0.15) is 11.8 Å². The van der Waals surface area contributed by atoms with Crippen molar-refractivity contribution in [3.05, 3.63) is 59.0 Å². The number of nitrogens with one attached hydrogen (secondary N) is 2. The van der Waals surface area contributed by atoms with Gasteiger partial charge in [0, 0.05) is 46.2 Å². The molecule has 0 saturated carbocycles. The average Bonchev–Trinajstić information content (AvgIpc) is 2.63. The molecule has 0 unspecified atom stereocenters. The van der Waals surface area contributed by atoms with E-state index in [-0.39, 0.29) is 29.8 Å². The fourth-order valence-electron chi connectivity index (χ4n) is 2.46. The van der Waals surface area contributed by atoms with Crippen LogP contribution in [0.25, 0.3) is 0 Å². The molecule has 1 aromatic heterocycles. The van der Waals surface area contributed by atoms with Crippen molar-refractivity contribution in [2.24, 2.45) is 4.99 Å². The lowest BCUT2D eigenvalue weighted by molar-refractivity contribution is 0.625. The Kier molecular flexibility index (Phi) is 10.5. The summed E-state index contributed by atoms with van der Waals surface area (Å²) in [5.41, 5.74) is 3.20. The van der Waals surface area contributed by atoms with Gasteiger partial charge in [-0.1, -0.05) is 6.07 Å². The number of benzene rings is 1. The molecule has 0 amide bonds. The average molecular weight is 503 g/mol. The van der Waals surface area contributed by atoms with Crippen LogP contribution in [0.5, 0.6) is 0 Å². The highest BCUT2D eigenvalue weighted by Gasteiger charge is 2.06. The summed E-state index contributed by atoms with van der Waals surface area (Å²) < 4.78 is 13.5. The van der Waals surface area contributed by atoms with E-state index in [1.165, 1.54) is 6.07 Å². The largest absolute Gasteiger partial charge is 0.363 e. The van der Waals surface area contributed by atoms with E-state index in [0.717, 1.165) is 28.3 Å². The number of pyridine rings is 1. The van der Waals surface area contributed by atoms with Crippen molar-refractivity contribution in [3.8, 4) is 0 Å². The standard InChI is InChI=1S/C19H26FN5S.HI/c1-21-19(23-11-14-7-8-22-18(9-14)25(2)3)24-12-15-5-6-17(20)10-16(15)13-26-4;/h5-10H,11-13H2,1-4H3,(H2,21,23,24);1H. The van der Waals surface area contributed by atoms with E-state index < -0.39 is 0 Å². The normalized spacial score (nSPS) is 10.9. The number of hydrogen-bond donors (Lipinski definition) is 2. The minimum absolute atomic E-state index is 0. The Hall–Kier alpha value is -1.55. The summed E-state index contributed by atoms with van der Waals surface area (Å²) in [5, 5.41) is 6.59. The van der Waals surface area contributed by atoms with Crippen LogP contribution in [0, 0.1) is 5.82 Å². The van der Waals surface area contributed by atoms with Crippen LogP contribution in [-0.4, -0.2) is 38.3 Å². The molecule has 0 radical (unpaired) electrons. The van der Waals surface area contributed by atoms with Gasteiger partial charge in [0.05, 0.1) is 0 Å². The van der Waals surface area contributed by atoms with Gasteiger partial charge in [0.25, 0.3) is 0 Å². The summed E-state index contributed by atoms with van der Waals surface area (Å²) in [7, 11) is 5.67. The molecule has 5 nitrogen and oxygen atoms in total. The van der Waals surface area contributed by atoms with Gasteiger partial charge in [0.15, 0.2) is 5.96 Å². The highest BCUT2D eigenvalue weighted by molar-refractivity contribution is 14.0. The van der Waals surface area contributed by atoms with Gasteiger partial charge in [-0.05, 0) is 47.2 Å². The number of anilines is 1. The van der Waals surface area contributed by atoms with Crippen molar-refractivity contribution in [3.63, 3.8) is 0 Å². The molecule has 0 saturated heterocycles. The molecule has 2 N–H and O–H groups in total. The van der Waals surface area contributed by atoms with Crippen LogP contribution < -0.4 is 15.5 Å². The number of thioether (sulfide) groups is 1. The highest BCUT2D eigenvalue weighted by Crippen LogP contribution is 2.16. The quantitative estimate of drug-likeness (QED) is 0.344. The first-order valence-corrected chi connectivity index (χ1v) is 9.76. The minimum Gasteiger partial charge on any atom is -0.363 e. The number of guanidine groups is 1. The number of halogens is 2. The second kappa shape index (κ2) is 12.0. The molecular formula is C19H27FIN5S. The number of aliphatic imine (C=N–C) groups is 1. The van der Waals surface area contributed by atoms with Crippen molar-refractivity contribution >= 4 is 47.5 Å². The van der Waals surface area contributed by atoms with E-state index >= 15 is 0 Å². The smallest absolute Gasteiger partial charge is 0.191 e. The zero-order valence-corrected chi connectivity index (χ0v) is 19.3. The maximum Gasteiger partial charge on any atom is 0.191 e. The molecule has 1 heterocycles. The molecule has 0 spiro atoms. The number of nitrogens with zero attached hydrogens (tertiary/aromatic N) is 3. The maximum atomic E-state index is 13.5. The van der Waals surface area contributed by atoms with Crippen molar-refractivity contribution < 1.29 is 4.39 Å². The lowest BCUT2D eigenvalue weighted by Crippen LogP contribution is -2.36. The van der Waals surface area contributed by atoms with E-state index in [1.54, 1.807) is 31.1 Å². The first kappa shape index (κ1) is 23.5. The minimum atomic E-state index is -0.199. The fourth-order valence-corrected chi connectivity index (χ4v) is 3.04. The van der Waals surface area contributed by atoms with Crippen molar-refractivity contribution in [1.29, 1.82) is 0 Å². The molecule has 0 aliphatic heterocycles. The van der Waals surface area contributed by atoms with Crippen LogP contribution in [-0.2, 0) is 18.8 Å². The van der Waals surface area contributed by atoms with Gasteiger partial charge in [0.2, 0.25) is 0 Å². The Morgan fingerprint density at radius 1 is 1.15 bits per heavy atom. The predicted molar refractivity (Wildman–Crippen MR) is 125 cm³/mol. The molecule has 0 aliphatic rings. The Morgan fingerprint density at radius 2 is 1.89 bits per heavy atom. The van der Waals surface area contributed by atoms with E-state index in [4.69, 9.17) is 0 Å². The van der Waals surface area contributed by atoms with E-state index in [1.807, 2.05) is 43.5 Å². The highest BCUT2D eigenvalue weighted by atomic mass is 127. The Balaban J connectivity index is 0.00000364. The van der Waals surface area contributed by atoms with Gasteiger partial charge >= 0.3 is 0 Å². The van der Waals surface area contributed by atoms with Gasteiger partial charge < -0.3 is 15.5 Å². The summed E-state index contributed by atoms with van der Waals surface area (Å²) in [6.07, 6.45) is 3.81. The number of rotatable bonds is 7. The van der Waals surface area contributed by atoms with E-state index in [0.29, 0.717) is 19.0 Å². The Morgan fingerprint density at radius 3 is 2.56 bits per heavy atom. The Labute approximate surface area is 182 Å². The van der Waals surface area contributed by atoms with E-state index in [2.05, 4.69) is 20.6 Å². The topological polar surface area (TPSA) is 52.6 Å². The number of hydrogen-bond acceptors (Lipinski definition) is 4. The first-order chi connectivity index (χ1) is 12.5. The molecule has 2 aromatic rings. The maximum absolute atomic E-state index is 13.5. The second-order valence-electron chi connectivity index (χ2n) is 6.04. The molecular weight excluding hydrogens is 476 g/mol. The van der Waals surface area contributed by atoms with Crippen LogP contribution in [0.2, 0.25) is 0 Å². The van der Waals surface area contributed by atoms with Gasteiger partial charge in [0.1, 0.15) is 11.6 Å². The summed E-state index contributed by atoms with van der Waals surface area (Å²) in [4.78, 5) is 10.5. The molecule has 8 heteroatoms. The SMILES string of the molecule is CN=C(NCc1ccnc(N(C)C)c1)NCc1ccc(F)cc1CSC.I. The lowest BCUT2D eigenvalue weighted by atomic mass is 10.1. The van der Waals surface area contributed by atoms with Crippen LogP contribution in [0.15, 0.2) is 41.5 Å². The van der Waals surface area contributed by atoms with Gasteiger partial charge in [-0.15, -0.1) is 24.0 Å². The zero-order chi connectivity index (χ0) is 18.9. The lowest BCUT2D eigenvalue weighted by Gasteiger charge is -2.15. The third-order valence-electron chi connectivity index (χ3n) is 3.87. The summed E-state index contributed by atoms with van der Waals surface area (Å²) in [5.74, 6) is 2.20. The third kappa shape index (κ3) is 7.53. The first-order valence-electron chi connectivity index (χ1n) is 8.36. The molecule has 27 heavy (non-hydrogen) atoms. The summed E-state index contributed by atoms with van der Waals surface area (Å²) in [6, 6.07) is 8.94. The predicted octanol–water partition coefficient (Wildman–Crippen LogP) is 3.63. The zero-order valence-electron chi connectivity index (χ0n) is 16.1. The molecule has 0 atom stereocenters. The van der Waals surface area contributed by atoms with Crippen molar-refractivity contribution in [2.75, 3.05) is 32.3 Å². The number of aromatic nitrogens is 1. The monoisotopic (exact) mass is 503 g/mol. The van der Waals surface area contributed by atoms with Crippen LogP contribution >= 0.6 is 35.7 Å². The molecule has 2 rings (SSSR count). The molecule has 148 valence electrons. The fraction of sp³-hybridized carbons (Fsp3) is 0.368. The van der Waals surface area contributed by atoms with Crippen molar-refractivity contribution in [2.45, 2.75) is 18.8 Å². The molecule has 0 aliphatic carbocycles. The third-order valence-corrected chi connectivity index (χ3v) is 4.47. The molecule has 0 bridgehead atoms. The van der Waals surface area contributed by atoms with E-state index in [9.17, 15) is 4.39 Å². The van der Waals surface area contributed by atoms with Crippen molar-refractivity contribution in [1.82, 2.24) is 15.6 Å². The second-order valence-corrected chi connectivity index (χ2v) is 6.91. The summed E-state index contributed by atoms with van der Waals surface area (Å²) in [6.45, 7) is 1.24.